The standard InChI is InChI=1S/C26H24N2O8/c1-33-21-13-20(24(30)28-18-11-7-16(8-12-18)26(32)36-4)22(34-2)14-19(21)23(29)27-17-9-5-15(6-10-17)25(31)35-3/h5-14H,1-4H3,(H,27,29)(H,28,30). The Labute approximate surface area is 207 Å². The van der Waals surface area contributed by atoms with Crippen LogP contribution in [-0.2, 0) is 9.47 Å². The number of ether oxygens (including phenoxy) is 4. The molecule has 0 saturated heterocycles. The number of amides is 2. The molecule has 0 aliphatic heterocycles. The molecule has 10 nitrogen and oxygen atoms in total. The molecule has 3 aromatic carbocycles. The molecule has 186 valence electrons. The molecule has 0 unspecified atom stereocenters. The normalized spacial score (nSPS) is 10.1. The summed E-state index contributed by atoms with van der Waals surface area (Å²) in [6.45, 7) is 0. The summed E-state index contributed by atoms with van der Waals surface area (Å²) in [7, 11) is 5.30. The van der Waals surface area contributed by atoms with Crippen molar-refractivity contribution in [2.24, 2.45) is 0 Å². The van der Waals surface area contributed by atoms with Gasteiger partial charge in [-0.15, -0.1) is 0 Å². The lowest BCUT2D eigenvalue weighted by Crippen LogP contribution is -2.17. The molecule has 2 N–H and O–H groups in total. The van der Waals surface area contributed by atoms with Gasteiger partial charge in [0.25, 0.3) is 11.8 Å². The fourth-order valence-corrected chi connectivity index (χ4v) is 3.26. The number of hydrogen-bond donors (Lipinski definition) is 2. The van der Waals surface area contributed by atoms with Gasteiger partial charge in [-0.05, 0) is 60.7 Å². The zero-order valence-electron chi connectivity index (χ0n) is 20.0. The fourth-order valence-electron chi connectivity index (χ4n) is 3.26. The van der Waals surface area contributed by atoms with E-state index < -0.39 is 23.8 Å². The highest BCUT2D eigenvalue weighted by Crippen LogP contribution is 2.30. The van der Waals surface area contributed by atoms with Crippen LogP contribution in [0.1, 0.15) is 41.4 Å². The second-order valence-corrected chi connectivity index (χ2v) is 7.30. The Kier molecular flexibility index (Phi) is 8.24. The first-order chi connectivity index (χ1) is 17.3. The Hall–Kier alpha value is -4.86. The van der Waals surface area contributed by atoms with Crippen molar-refractivity contribution in [2.75, 3.05) is 39.1 Å². The first-order valence-electron chi connectivity index (χ1n) is 10.6. The predicted molar refractivity (Wildman–Crippen MR) is 131 cm³/mol. The lowest BCUT2D eigenvalue weighted by Gasteiger charge is -2.15. The van der Waals surface area contributed by atoms with Crippen molar-refractivity contribution in [1.29, 1.82) is 0 Å². The van der Waals surface area contributed by atoms with E-state index >= 15 is 0 Å². The van der Waals surface area contributed by atoms with Crippen LogP contribution in [0.4, 0.5) is 11.4 Å². The van der Waals surface area contributed by atoms with Gasteiger partial charge in [0.1, 0.15) is 11.5 Å². The molecule has 36 heavy (non-hydrogen) atoms. The van der Waals surface area contributed by atoms with Gasteiger partial charge in [0.15, 0.2) is 0 Å². The van der Waals surface area contributed by atoms with Crippen molar-refractivity contribution in [1.82, 2.24) is 0 Å². The average Bonchev–Trinajstić information content (AvgIpc) is 2.92. The summed E-state index contributed by atoms with van der Waals surface area (Å²) >= 11 is 0. The Balaban J connectivity index is 1.82. The zero-order valence-corrected chi connectivity index (χ0v) is 20.0. The average molecular weight is 492 g/mol. The van der Waals surface area contributed by atoms with E-state index in [0.717, 1.165) is 0 Å². The summed E-state index contributed by atoms with van der Waals surface area (Å²) in [5, 5.41) is 5.42. The van der Waals surface area contributed by atoms with Gasteiger partial charge in [-0.1, -0.05) is 0 Å². The Morgan fingerprint density at radius 3 is 1.17 bits per heavy atom. The number of methoxy groups -OCH3 is 4. The molecule has 2 amide bonds. The van der Waals surface area contributed by atoms with Crippen molar-refractivity contribution in [3.8, 4) is 11.5 Å². The molecule has 0 radical (unpaired) electrons. The lowest BCUT2D eigenvalue weighted by molar-refractivity contribution is 0.0592. The minimum Gasteiger partial charge on any atom is -0.496 e. The van der Waals surface area contributed by atoms with Crippen LogP contribution in [0, 0.1) is 0 Å². The molecular weight excluding hydrogens is 468 g/mol. The quantitative estimate of drug-likeness (QED) is 0.455. The summed E-state index contributed by atoms with van der Waals surface area (Å²) in [5.74, 6) is -1.72. The first kappa shape index (κ1) is 25.8. The minimum atomic E-state index is -0.513. The van der Waals surface area contributed by atoms with Gasteiger partial charge >= 0.3 is 11.9 Å². The molecule has 10 heteroatoms. The number of esters is 2. The maximum Gasteiger partial charge on any atom is 0.337 e. The van der Waals surface area contributed by atoms with Crippen LogP contribution in [0.15, 0.2) is 60.7 Å². The van der Waals surface area contributed by atoms with Crippen LogP contribution in [0.25, 0.3) is 0 Å². The lowest BCUT2D eigenvalue weighted by atomic mass is 10.1. The number of carbonyl (C=O) groups excluding carboxylic acids is 4. The molecule has 0 aromatic heterocycles. The molecule has 0 aliphatic carbocycles. The van der Waals surface area contributed by atoms with Gasteiger partial charge in [-0.2, -0.15) is 0 Å². The number of anilines is 2. The highest BCUT2D eigenvalue weighted by Gasteiger charge is 2.21. The van der Waals surface area contributed by atoms with E-state index in [4.69, 9.17) is 9.47 Å². The van der Waals surface area contributed by atoms with Gasteiger partial charge < -0.3 is 29.6 Å². The summed E-state index contributed by atoms with van der Waals surface area (Å²) in [6, 6.07) is 15.1. The molecule has 0 bridgehead atoms. The molecule has 0 fully saturated rings. The number of benzene rings is 3. The summed E-state index contributed by atoms with van der Waals surface area (Å²) < 4.78 is 20.0. The number of hydrogen-bond acceptors (Lipinski definition) is 8. The largest absolute Gasteiger partial charge is 0.496 e. The topological polar surface area (TPSA) is 129 Å². The van der Waals surface area contributed by atoms with E-state index in [9.17, 15) is 19.2 Å². The number of carbonyl (C=O) groups is 4. The smallest absolute Gasteiger partial charge is 0.337 e. The Morgan fingerprint density at radius 2 is 0.889 bits per heavy atom. The van der Waals surface area contributed by atoms with Gasteiger partial charge in [0, 0.05) is 11.4 Å². The third-order valence-corrected chi connectivity index (χ3v) is 5.14. The molecule has 0 atom stereocenters. The van der Waals surface area contributed by atoms with Crippen LogP contribution in [0.2, 0.25) is 0 Å². The predicted octanol–water partition coefficient (Wildman–Crippen LogP) is 3.78. The second-order valence-electron chi connectivity index (χ2n) is 7.30. The van der Waals surface area contributed by atoms with Crippen molar-refractivity contribution in [2.45, 2.75) is 0 Å². The highest BCUT2D eigenvalue weighted by molar-refractivity contribution is 6.10. The summed E-state index contributed by atoms with van der Waals surface area (Å²) in [6.07, 6.45) is 0. The maximum atomic E-state index is 12.9. The van der Waals surface area contributed by atoms with Crippen LogP contribution in [-0.4, -0.2) is 52.2 Å². The van der Waals surface area contributed by atoms with Crippen molar-refractivity contribution in [3.63, 3.8) is 0 Å². The first-order valence-corrected chi connectivity index (χ1v) is 10.6. The van der Waals surface area contributed by atoms with Gasteiger partial charge in [-0.25, -0.2) is 9.59 Å². The summed E-state index contributed by atoms with van der Waals surface area (Å²) in [4.78, 5) is 49.1. The van der Waals surface area contributed by atoms with E-state index in [1.807, 2.05) is 0 Å². The Bertz CT molecular complexity index is 1180. The van der Waals surface area contributed by atoms with Gasteiger partial charge in [0.05, 0.1) is 50.7 Å². The summed E-state index contributed by atoms with van der Waals surface area (Å²) in [5.41, 5.74) is 1.81. The van der Waals surface area contributed by atoms with Crippen molar-refractivity contribution >= 4 is 35.1 Å². The van der Waals surface area contributed by atoms with Crippen LogP contribution in [0.3, 0.4) is 0 Å². The molecule has 3 rings (SSSR count). The molecule has 3 aromatic rings. The van der Waals surface area contributed by atoms with E-state index in [2.05, 4.69) is 20.1 Å². The third kappa shape index (κ3) is 5.79. The molecular formula is C26H24N2O8. The number of rotatable bonds is 8. The third-order valence-electron chi connectivity index (χ3n) is 5.14. The molecule has 0 spiro atoms. The molecule has 0 aliphatic rings. The Morgan fingerprint density at radius 1 is 0.556 bits per heavy atom. The maximum absolute atomic E-state index is 12.9. The molecule has 0 heterocycles. The van der Waals surface area contributed by atoms with Gasteiger partial charge in [-0.3, -0.25) is 9.59 Å². The van der Waals surface area contributed by atoms with Crippen molar-refractivity contribution < 1.29 is 38.1 Å². The van der Waals surface area contributed by atoms with E-state index in [-0.39, 0.29) is 22.6 Å². The van der Waals surface area contributed by atoms with Gasteiger partial charge in [0.2, 0.25) is 0 Å². The zero-order chi connectivity index (χ0) is 26.2. The number of nitrogens with one attached hydrogen (secondary N) is 2. The minimum absolute atomic E-state index is 0.130. The van der Waals surface area contributed by atoms with E-state index in [1.54, 1.807) is 24.3 Å². The highest BCUT2D eigenvalue weighted by atomic mass is 16.5. The van der Waals surface area contributed by atoms with Crippen LogP contribution < -0.4 is 20.1 Å². The van der Waals surface area contributed by atoms with E-state index in [0.29, 0.717) is 22.5 Å². The van der Waals surface area contributed by atoms with Crippen LogP contribution >= 0.6 is 0 Å². The SMILES string of the molecule is COC(=O)c1ccc(NC(=O)c2cc(OC)c(C(=O)Nc3ccc(C(=O)OC)cc3)cc2OC)cc1. The van der Waals surface area contributed by atoms with Crippen molar-refractivity contribution in [3.05, 3.63) is 82.9 Å². The van der Waals surface area contributed by atoms with E-state index in [1.165, 1.54) is 64.8 Å². The monoisotopic (exact) mass is 492 g/mol. The second kappa shape index (κ2) is 11.5. The molecule has 0 saturated carbocycles. The fraction of sp³-hybridized carbons (Fsp3) is 0.154. The van der Waals surface area contributed by atoms with Crippen LogP contribution in [0.5, 0.6) is 11.5 Å².